The largest absolute Gasteiger partial charge is 0.326 e. The van der Waals surface area contributed by atoms with Crippen molar-refractivity contribution in [2.24, 2.45) is 5.92 Å². The summed E-state index contributed by atoms with van der Waals surface area (Å²) < 4.78 is 13.1. The van der Waals surface area contributed by atoms with E-state index in [2.05, 4.69) is 16.3 Å². The molecule has 1 aliphatic heterocycles. The minimum Gasteiger partial charge on any atom is -0.308 e. The Bertz CT molecular complexity index is 1120. The van der Waals surface area contributed by atoms with Gasteiger partial charge in [-0.05, 0) is 105 Å². The molecule has 0 aromatic heterocycles. The molecule has 3 aromatic rings. The molecule has 1 saturated heterocycles. The van der Waals surface area contributed by atoms with Gasteiger partial charge in [-0.25, -0.2) is 9.18 Å². The van der Waals surface area contributed by atoms with Crippen molar-refractivity contribution in [1.82, 2.24) is 4.90 Å². The van der Waals surface area contributed by atoms with Crippen LogP contribution in [0.4, 0.5) is 20.6 Å². The van der Waals surface area contributed by atoms with Crippen molar-refractivity contribution >= 4 is 17.4 Å². The normalized spacial score (nSPS) is 14.3. The minimum atomic E-state index is -0.182. The molecule has 180 valence electrons. The van der Waals surface area contributed by atoms with Crippen molar-refractivity contribution in [3.8, 4) is 6.07 Å². The fourth-order valence-electron chi connectivity index (χ4n) is 4.60. The lowest BCUT2D eigenvalue weighted by Gasteiger charge is -2.32. The lowest BCUT2D eigenvalue weighted by Crippen LogP contribution is -2.39. The Morgan fingerprint density at radius 1 is 1.00 bits per heavy atom. The molecule has 0 unspecified atom stereocenters. The smallest absolute Gasteiger partial charge is 0.308 e. The van der Waals surface area contributed by atoms with Crippen LogP contribution in [0.5, 0.6) is 0 Å². The summed E-state index contributed by atoms with van der Waals surface area (Å²) in [5.41, 5.74) is 3.29. The Morgan fingerprint density at radius 2 is 1.69 bits per heavy atom. The number of carbonyl (C=O) groups excluding carboxylic acids is 1. The molecule has 6 heteroatoms. The molecule has 0 bridgehead atoms. The van der Waals surface area contributed by atoms with Crippen LogP contribution in [0.2, 0.25) is 0 Å². The van der Waals surface area contributed by atoms with E-state index < -0.39 is 0 Å². The Labute approximate surface area is 206 Å². The van der Waals surface area contributed by atoms with Gasteiger partial charge in [0.05, 0.1) is 11.6 Å². The summed E-state index contributed by atoms with van der Waals surface area (Å²) in [6.45, 7) is 3.65. The number of nitrogens with zero attached hydrogens (tertiary/aromatic N) is 3. The summed E-state index contributed by atoms with van der Waals surface area (Å²) in [5, 5.41) is 11.9. The second-order valence-electron chi connectivity index (χ2n) is 9.08. The standard InChI is InChI=1S/C29H31FN4O/c30-26-11-7-23(8-12-26)21-24-15-19-33(20-16-24)17-4-18-34(28-5-2-1-3-6-28)29(35)32-27-13-9-25(22-31)10-14-27/h1-3,5-14,24H,4,15-21H2,(H,32,35). The fraction of sp³-hybridized carbons (Fsp3) is 0.310. The average Bonchev–Trinajstić information content (AvgIpc) is 2.90. The lowest BCUT2D eigenvalue weighted by atomic mass is 9.90. The van der Waals surface area contributed by atoms with Gasteiger partial charge in [-0.1, -0.05) is 30.3 Å². The highest BCUT2D eigenvalue weighted by Crippen LogP contribution is 2.23. The number of anilines is 2. The monoisotopic (exact) mass is 470 g/mol. The topological polar surface area (TPSA) is 59.4 Å². The molecule has 0 spiro atoms. The molecule has 1 aliphatic rings. The summed E-state index contributed by atoms with van der Waals surface area (Å²) >= 11 is 0. The predicted octanol–water partition coefficient (Wildman–Crippen LogP) is 6.08. The zero-order valence-corrected chi connectivity index (χ0v) is 19.9. The zero-order chi connectivity index (χ0) is 24.5. The maximum absolute atomic E-state index is 13.1. The molecule has 0 atom stereocenters. The molecule has 3 aromatic carbocycles. The summed E-state index contributed by atoms with van der Waals surface area (Å²) in [7, 11) is 0. The Balaban J connectivity index is 1.27. The lowest BCUT2D eigenvalue weighted by molar-refractivity contribution is 0.183. The van der Waals surface area contributed by atoms with Crippen LogP contribution in [0.3, 0.4) is 0 Å². The molecule has 0 saturated carbocycles. The van der Waals surface area contributed by atoms with E-state index in [4.69, 9.17) is 5.26 Å². The third-order valence-corrected chi connectivity index (χ3v) is 6.58. The highest BCUT2D eigenvalue weighted by Gasteiger charge is 2.21. The molecule has 1 heterocycles. The number of nitrogens with one attached hydrogen (secondary N) is 1. The number of benzene rings is 3. The fourth-order valence-corrected chi connectivity index (χ4v) is 4.60. The maximum atomic E-state index is 13.1. The van der Waals surface area contributed by atoms with Gasteiger partial charge < -0.3 is 10.2 Å². The summed E-state index contributed by atoms with van der Waals surface area (Å²) in [5.74, 6) is 0.453. The molecule has 35 heavy (non-hydrogen) atoms. The molecule has 1 fully saturated rings. The number of amides is 2. The van der Waals surface area contributed by atoms with Crippen LogP contribution in [-0.2, 0) is 6.42 Å². The van der Waals surface area contributed by atoms with Gasteiger partial charge in [0, 0.05) is 17.9 Å². The molecule has 0 radical (unpaired) electrons. The molecular weight excluding hydrogens is 439 g/mol. The van der Waals surface area contributed by atoms with Gasteiger partial charge in [0.1, 0.15) is 5.82 Å². The summed E-state index contributed by atoms with van der Waals surface area (Å²) in [4.78, 5) is 17.4. The van der Waals surface area contributed by atoms with Gasteiger partial charge in [0.2, 0.25) is 0 Å². The second kappa shape index (κ2) is 12.1. The van der Waals surface area contributed by atoms with Gasteiger partial charge >= 0.3 is 6.03 Å². The molecule has 0 aliphatic carbocycles. The van der Waals surface area contributed by atoms with Crippen molar-refractivity contribution < 1.29 is 9.18 Å². The van der Waals surface area contributed by atoms with Crippen LogP contribution in [0.15, 0.2) is 78.9 Å². The van der Waals surface area contributed by atoms with E-state index in [1.807, 2.05) is 42.5 Å². The van der Waals surface area contributed by atoms with Crippen LogP contribution in [0.1, 0.15) is 30.4 Å². The number of carbonyl (C=O) groups is 1. The number of likely N-dealkylation sites (tertiary alicyclic amines) is 1. The summed E-state index contributed by atoms with van der Waals surface area (Å²) in [6.07, 6.45) is 4.15. The van der Waals surface area contributed by atoms with Crippen LogP contribution in [0, 0.1) is 23.1 Å². The maximum Gasteiger partial charge on any atom is 0.326 e. The van der Waals surface area contributed by atoms with Gasteiger partial charge in [-0.3, -0.25) is 4.90 Å². The molecule has 4 rings (SSSR count). The van der Waals surface area contributed by atoms with Crippen LogP contribution in [0.25, 0.3) is 0 Å². The third-order valence-electron chi connectivity index (χ3n) is 6.58. The van der Waals surface area contributed by atoms with Gasteiger partial charge in [0.15, 0.2) is 0 Å². The molecular formula is C29H31FN4O. The van der Waals surface area contributed by atoms with E-state index in [1.54, 1.807) is 41.3 Å². The van der Waals surface area contributed by atoms with Gasteiger partial charge in [-0.2, -0.15) is 5.26 Å². The van der Waals surface area contributed by atoms with Crippen LogP contribution < -0.4 is 10.2 Å². The average molecular weight is 471 g/mol. The predicted molar refractivity (Wildman–Crippen MR) is 138 cm³/mol. The first-order valence-corrected chi connectivity index (χ1v) is 12.2. The van der Waals surface area contributed by atoms with Crippen molar-refractivity contribution in [3.05, 3.63) is 95.8 Å². The molecule has 1 N–H and O–H groups in total. The van der Waals surface area contributed by atoms with Crippen molar-refractivity contribution in [2.45, 2.75) is 25.7 Å². The Morgan fingerprint density at radius 3 is 2.34 bits per heavy atom. The second-order valence-corrected chi connectivity index (χ2v) is 9.08. The number of hydrogen-bond donors (Lipinski definition) is 1. The quantitative estimate of drug-likeness (QED) is 0.434. The first kappa shape index (κ1) is 24.4. The number of nitriles is 1. The first-order chi connectivity index (χ1) is 17.1. The number of piperidine rings is 1. The minimum absolute atomic E-state index is 0.182. The zero-order valence-electron chi connectivity index (χ0n) is 19.9. The van der Waals surface area contributed by atoms with Crippen molar-refractivity contribution in [1.29, 1.82) is 5.26 Å². The van der Waals surface area contributed by atoms with Gasteiger partial charge in [-0.15, -0.1) is 0 Å². The van der Waals surface area contributed by atoms with Gasteiger partial charge in [0.25, 0.3) is 0 Å². The van der Waals surface area contributed by atoms with E-state index in [1.165, 1.54) is 5.56 Å². The SMILES string of the molecule is N#Cc1ccc(NC(=O)N(CCCN2CCC(Cc3ccc(F)cc3)CC2)c2ccccc2)cc1. The molecule has 5 nitrogen and oxygen atoms in total. The van der Waals surface area contributed by atoms with E-state index in [9.17, 15) is 9.18 Å². The summed E-state index contributed by atoms with van der Waals surface area (Å²) in [6, 6.07) is 25.4. The molecule has 2 amide bonds. The highest BCUT2D eigenvalue weighted by atomic mass is 19.1. The van der Waals surface area contributed by atoms with Crippen LogP contribution in [-0.4, -0.2) is 37.1 Å². The van der Waals surface area contributed by atoms with E-state index in [0.717, 1.165) is 51.0 Å². The number of para-hydroxylation sites is 1. The number of halogens is 1. The van der Waals surface area contributed by atoms with Crippen molar-refractivity contribution in [3.63, 3.8) is 0 Å². The Hall–Kier alpha value is -3.69. The first-order valence-electron chi connectivity index (χ1n) is 12.2. The number of rotatable bonds is 8. The van der Waals surface area contributed by atoms with E-state index in [-0.39, 0.29) is 11.8 Å². The number of hydrogen-bond acceptors (Lipinski definition) is 3. The van der Waals surface area contributed by atoms with Crippen molar-refractivity contribution in [2.75, 3.05) is 36.4 Å². The van der Waals surface area contributed by atoms with Crippen LogP contribution >= 0.6 is 0 Å². The highest BCUT2D eigenvalue weighted by molar-refractivity contribution is 6.01. The van der Waals surface area contributed by atoms with E-state index >= 15 is 0 Å². The van der Waals surface area contributed by atoms with E-state index in [0.29, 0.717) is 23.7 Å². The third kappa shape index (κ3) is 7.14. The number of urea groups is 1. The Kier molecular flexibility index (Phi) is 8.48.